The highest BCUT2D eigenvalue weighted by Gasteiger charge is 2.31. The molecule has 3 N–H and O–H groups in total. The van der Waals surface area contributed by atoms with Gasteiger partial charge in [-0.2, -0.15) is 0 Å². The minimum absolute atomic E-state index is 0.268. The summed E-state index contributed by atoms with van der Waals surface area (Å²) in [7, 11) is 1.32. The Balaban J connectivity index is 1.36. The predicted molar refractivity (Wildman–Crippen MR) is 111 cm³/mol. The molecule has 9 heteroatoms. The van der Waals surface area contributed by atoms with Crippen LogP contribution in [0.1, 0.15) is 12.0 Å². The molecule has 30 heavy (non-hydrogen) atoms. The van der Waals surface area contributed by atoms with E-state index >= 15 is 0 Å². The number of benzene rings is 1. The highest BCUT2D eigenvalue weighted by atomic mass is 16.6. The monoisotopic (exact) mass is 420 g/mol. The van der Waals surface area contributed by atoms with Crippen LogP contribution in [0.15, 0.2) is 24.3 Å². The zero-order chi connectivity index (χ0) is 21.3. The molecule has 2 saturated heterocycles. The number of hydrogen-bond donors (Lipinski definition) is 2. The van der Waals surface area contributed by atoms with Crippen molar-refractivity contribution < 1.29 is 23.8 Å². The minimum atomic E-state index is -0.683. The normalized spacial score (nSPS) is 20.7. The van der Waals surface area contributed by atoms with Crippen LogP contribution >= 0.6 is 0 Å². The predicted octanol–water partition coefficient (Wildman–Crippen LogP) is 0.224. The van der Waals surface area contributed by atoms with Crippen molar-refractivity contribution in [3.8, 4) is 5.75 Å². The van der Waals surface area contributed by atoms with E-state index in [0.717, 1.165) is 44.7 Å². The average Bonchev–Trinajstić information content (AvgIpc) is 3.12. The Hall–Kier alpha value is -2.36. The molecule has 2 aliphatic rings. The fourth-order valence-electron chi connectivity index (χ4n) is 3.66. The lowest BCUT2D eigenvalue weighted by molar-refractivity contribution is -0.142. The Bertz CT molecular complexity index is 693. The second-order valence-corrected chi connectivity index (χ2v) is 7.69. The standard InChI is InChI=1S/C21H32N4O5/c1-28-20(26)19(22)13-16-3-5-17(6-4-16)29-15-18-14-25(21(27)30-18)10-2-9-24-11-7-23-8-12-24/h3-6,18-19,23H,2,7-15,22H2,1H3. The quantitative estimate of drug-likeness (QED) is 0.518. The van der Waals surface area contributed by atoms with Crippen molar-refractivity contribution in [2.45, 2.75) is 25.0 Å². The number of hydrogen-bond acceptors (Lipinski definition) is 8. The van der Waals surface area contributed by atoms with Crippen molar-refractivity contribution in [1.82, 2.24) is 15.1 Å². The summed E-state index contributed by atoms with van der Waals surface area (Å²) in [6.45, 7) is 6.75. The summed E-state index contributed by atoms with van der Waals surface area (Å²) in [6, 6.07) is 6.68. The van der Waals surface area contributed by atoms with E-state index < -0.39 is 12.0 Å². The van der Waals surface area contributed by atoms with Gasteiger partial charge in [0.05, 0.1) is 13.7 Å². The van der Waals surface area contributed by atoms with Gasteiger partial charge in [-0.05, 0) is 37.1 Å². The molecule has 3 rings (SSSR count). The SMILES string of the molecule is COC(=O)C(N)Cc1ccc(OCC2CN(CCCN3CCNCC3)C(=O)O2)cc1. The molecule has 2 atom stereocenters. The van der Waals surface area contributed by atoms with Gasteiger partial charge in [-0.1, -0.05) is 12.1 Å². The lowest BCUT2D eigenvalue weighted by atomic mass is 10.1. The number of amides is 1. The molecule has 0 radical (unpaired) electrons. The van der Waals surface area contributed by atoms with Gasteiger partial charge in [0.1, 0.15) is 18.4 Å². The summed E-state index contributed by atoms with van der Waals surface area (Å²) in [4.78, 5) is 27.7. The Labute approximate surface area is 177 Å². The van der Waals surface area contributed by atoms with Crippen molar-refractivity contribution in [2.75, 3.05) is 59.5 Å². The topological polar surface area (TPSA) is 106 Å². The van der Waals surface area contributed by atoms with E-state index in [-0.39, 0.29) is 12.2 Å². The number of nitrogens with zero attached hydrogens (tertiary/aromatic N) is 2. The van der Waals surface area contributed by atoms with Gasteiger partial charge in [-0.15, -0.1) is 0 Å². The highest BCUT2D eigenvalue weighted by molar-refractivity contribution is 5.75. The molecular formula is C21H32N4O5. The van der Waals surface area contributed by atoms with Gasteiger partial charge in [0.15, 0.2) is 6.10 Å². The van der Waals surface area contributed by atoms with E-state index in [1.807, 2.05) is 24.3 Å². The largest absolute Gasteiger partial charge is 0.490 e. The summed E-state index contributed by atoms with van der Waals surface area (Å²) in [5.74, 6) is 0.245. The first-order valence-corrected chi connectivity index (χ1v) is 10.5. The summed E-state index contributed by atoms with van der Waals surface area (Å²) in [5.41, 5.74) is 6.70. The molecule has 0 aliphatic carbocycles. The second kappa shape index (κ2) is 11.1. The molecule has 0 aromatic heterocycles. The van der Waals surface area contributed by atoms with Crippen LogP contribution in [-0.2, 0) is 20.7 Å². The molecule has 0 saturated carbocycles. The maximum absolute atomic E-state index is 12.1. The number of methoxy groups -OCH3 is 1. The molecule has 1 aromatic carbocycles. The van der Waals surface area contributed by atoms with E-state index in [0.29, 0.717) is 31.9 Å². The van der Waals surface area contributed by atoms with Crippen molar-refractivity contribution in [3.05, 3.63) is 29.8 Å². The Morgan fingerprint density at radius 1 is 1.27 bits per heavy atom. The van der Waals surface area contributed by atoms with E-state index in [1.54, 1.807) is 4.90 Å². The second-order valence-electron chi connectivity index (χ2n) is 7.69. The van der Waals surface area contributed by atoms with Gasteiger partial charge >= 0.3 is 12.1 Å². The molecule has 0 bridgehead atoms. The van der Waals surface area contributed by atoms with Crippen LogP contribution < -0.4 is 15.8 Å². The average molecular weight is 421 g/mol. The molecule has 0 spiro atoms. The number of esters is 1. The van der Waals surface area contributed by atoms with Crippen molar-refractivity contribution in [3.63, 3.8) is 0 Å². The fraction of sp³-hybridized carbons (Fsp3) is 0.619. The number of piperazine rings is 1. The van der Waals surface area contributed by atoms with Gasteiger partial charge in [-0.25, -0.2) is 4.79 Å². The number of nitrogens with two attached hydrogens (primary N) is 1. The number of carbonyl (C=O) groups is 2. The molecular weight excluding hydrogens is 388 g/mol. The van der Waals surface area contributed by atoms with Gasteiger partial charge in [0, 0.05) is 32.7 Å². The maximum Gasteiger partial charge on any atom is 0.410 e. The highest BCUT2D eigenvalue weighted by Crippen LogP contribution is 2.17. The Morgan fingerprint density at radius 2 is 2.00 bits per heavy atom. The van der Waals surface area contributed by atoms with E-state index in [1.165, 1.54) is 7.11 Å². The lowest BCUT2D eigenvalue weighted by Crippen LogP contribution is -2.44. The third-order valence-electron chi connectivity index (χ3n) is 5.38. The summed E-state index contributed by atoms with van der Waals surface area (Å²) >= 11 is 0. The van der Waals surface area contributed by atoms with Gasteiger partial charge < -0.3 is 35.1 Å². The van der Waals surface area contributed by atoms with Crippen LogP contribution in [0.4, 0.5) is 4.79 Å². The molecule has 2 unspecified atom stereocenters. The van der Waals surface area contributed by atoms with Crippen LogP contribution in [0.25, 0.3) is 0 Å². The molecule has 1 amide bonds. The van der Waals surface area contributed by atoms with Crippen molar-refractivity contribution in [2.24, 2.45) is 5.73 Å². The summed E-state index contributed by atoms with van der Waals surface area (Å²) < 4.78 is 15.8. The van der Waals surface area contributed by atoms with Crippen LogP contribution in [0.3, 0.4) is 0 Å². The van der Waals surface area contributed by atoms with Crippen molar-refractivity contribution in [1.29, 1.82) is 0 Å². The number of cyclic esters (lactones) is 1. The number of carbonyl (C=O) groups excluding carboxylic acids is 2. The lowest BCUT2D eigenvalue weighted by Gasteiger charge is -2.27. The van der Waals surface area contributed by atoms with E-state index in [2.05, 4.69) is 15.0 Å². The van der Waals surface area contributed by atoms with Crippen LogP contribution in [0.2, 0.25) is 0 Å². The Kier molecular flexibility index (Phi) is 8.30. The summed E-state index contributed by atoms with van der Waals surface area (Å²) in [5, 5.41) is 3.34. The molecule has 2 fully saturated rings. The van der Waals surface area contributed by atoms with E-state index in [4.69, 9.17) is 15.2 Å². The van der Waals surface area contributed by atoms with Gasteiger partial charge in [0.2, 0.25) is 0 Å². The molecule has 2 heterocycles. The number of rotatable bonds is 10. The first kappa shape index (κ1) is 22.3. The van der Waals surface area contributed by atoms with Crippen molar-refractivity contribution >= 4 is 12.1 Å². The van der Waals surface area contributed by atoms with E-state index in [9.17, 15) is 9.59 Å². The molecule has 9 nitrogen and oxygen atoms in total. The first-order valence-electron chi connectivity index (χ1n) is 10.5. The zero-order valence-corrected chi connectivity index (χ0v) is 17.5. The van der Waals surface area contributed by atoms with Gasteiger partial charge in [-0.3, -0.25) is 4.79 Å². The maximum atomic E-state index is 12.1. The first-order chi connectivity index (χ1) is 14.5. The van der Waals surface area contributed by atoms with Crippen LogP contribution in [0.5, 0.6) is 5.75 Å². The van der Waals surface area contributed by atoms with Gasteiger partial charge in [0.25, 0.3) is 0 Å². The number of ether oxygens (including phenoxy) is 3. The Morgan fingerprint density at radius 3 is 2.70 bits per heavy atom. The van der Waals surface area contributed by atoms with Crippen LogP contribution in [0, 0.1) is 0 Å². The molecule has 166 valence electrons. The van der Waals surface area contributed by atoms with Crippen LogP contribution in [-0.4, -0.2) is 93.5 Å². The summed E-state index contributed by atoms with van der Waals surface area (Å²) in [6.07, 6.45) is 0.800. The third-order valence-corrected chi connectivity index (χ3v) is 5.38. The number of nitrogens with one attached hydrogen (secondary N) is 1. The smallest absolute Gasteiger partial charge is 0.410 e. The zero-order valence-electron chi connectivity index (χ0n) is 17.5. The minimum Gasteiger partial charge on any atom is -0.490 e. The molecule has 2 aliphatic heterocycles. The molecule has 1 aromatic rings. The third kappa shape index (κ3) is 6.58. The fourth-order valence-corrected chi connectivity index (χ4v) is 3.66.